The molecule has 3 amide bonds. The number of ether oxygens (including phenoxy) is 3. The lowest BCUT2D eigenvalue weighted by Gasteiger charge is -2.22. The predicted octanol–water partition coefficient (Wildman–Crippen LogP) is 3.07. The van der Waals surface area contributed by atoms with E-state index < -0.39 is 12.1 Å². The minimum atomic E-state index is -0.589. The number of amides is 3. The highest BCUT2D eigenvalue weighted by molar-refractivity contribution is 5.97. The van der Waals surface area contributed by atoms with Crippen molar-refractivity contribution in [3.05, 3.63) is 89.1 Å². The van der Waals surface area contributed by atoms with Crippen LogP contribution in [0.2, 0.25) is 0 Å². The van der Waals surface area contributed by atoms with Crippen LogP contribution in [0.4, 0.5) is 0 Å². The van der Waals surface area contributed by atoms with Gasteiger partial charge in [-0.2, -0.15) is 0 Å². The smallest absolute Gasteiger partial charge is 0.259 e. The Labute approximate surface area is 253 Å². The van der Waals surface area contributed by atoms with Crippen LogP contribution in [0.5, 0.6) is 17.2 Å². The van der Waals surface area contributed by atoms with Gasteiger partial charge in [0.25, 0.3) is 17.7 Å². The summed E-state index contributed by atoms with van der Waals surface area (Å²) in [7, 11) is 1.53. The summed E-state index contributed by atoms with van der Waals surface area (Å²) in [5, 5.41) is 9.83. The van der Waals surface area contributed by atoms with Gasteiger partial charge in [0, 0.05) is 42.7 Å². The Morgan fingerprint density at radius 3 is 2.64 bits per heavy atom. The number of carbonyl (C=O) groups is 3. The molecule has 44 heavy (non-hydrogen) atoms. The maximum absolute atomic E-state index is 13.6. The number of fused-ring (bicyclic) bond motifs is 7. The SMILES string of the molecule is COc1cc2ccc1CNC(=O)COc1cccc(c1)-c1cncc(c1)C(=O)N[C@H]1CN(C(=O)c3c(C)noc3C)C[C@@H]1O2. The van der Waals surface area contributed by atoms with Crippen LogP contribution in [-0.4, -0.2) is 71.7 Å². The van der Waals surface area contributed by atoms with Crippen molar-refractivity contribution in [3.8, 4) is 28.4 Å². The number of benzene rings is 2. The minimum absolute atomic E-state index is 0.181. The van der Waals surface area contributed by atoms with E-state index in [0.29, 0.717) is 45.4 Å². The zero-order valence-electron chi connectivity index (χ0n) is 24.5. The van der Waals surface area contributed by atoms with Crippen LogP contribution in [0, 0.1) is 13.8 Å². The predicted molar refractivity (Wildman–Crippen MR) is 158 cm³/mol. The summed E-state index contributed by atoms with van der Waals surface area (Å²) < 4.78 is 22.9. The molecule has 2 N–H and O–H groups in total. The normalized spacial score (nSPS) is 18.4. The molecule has 12 nitrogen and oxygen atoms in total. The zero-order chi connectivity index (χ0) is 30.8. The second-order valence-electron chi connectivity index (χ2n) is 10.7. The monoisotopic (exact) mass is 597 g/mol. The molecule has 0 unspecified atom stereocenters. The number of pyridine rings is 1. The summed E-state index contributed by atoms with van der Waals surface area (Å²) >= 11 is 0. The third-order valence-corrected chi connectivity index (χ3v) is 7.68. The summed E-state index contributed by atoms with van der Waals surface area (Å²) in [5.41, 5.74) is 3.42. The minimum Gasteiger partial charge on any atom is -0.496 e. The van der Waals surface area contributed by atoms with Gasteiger partial charge in [-0.3, -0.25) is 19.4 Å². The number of aromatic nitrogens is 2. The van der Waals surface area contributed by atoms with Crippen molar-refractivity contribution < 1.29 is 33.1 Å². The number of hydrogen-bond acceptors (Lipinski definition) is 9. The van der Waals surface area contributed by atoms with E-state index in [0.717, 1.165) is 11.1 Å². The molecule has 0 radical (unpaired) electrons. The fraction of sp³-hybridized carbons (Fsp3) is 0.281. The lowest BCUT2D eigenvalue weighted by Crippen LogP contribution is -2.45. The van der Waals surface area contributed by atoms with Gasteiger partial charge in [0.2, 0.25) is 0 Å². The maximum Gasteiger partial charge on any atom is 0.259 e. The summed E-state index contributed by atoms with van der Waals surface area (Å²) in [6.45, 7) is 3.85. The summed E-state index contributed by atoms with van der Waals surface area (Å²) in [6, 6.07) is 13.7. The Morgan fingerprint density at radius 2 is 1.84 bits per heavy atom. The molecule has 0 spiro atoms. The number of hydrogen-bond donors (Lipinski definition) is 2. The molecule has 6 bridgehead atoms. The summed E-state index contributed by atoms with van der Waals surface area (Å²) in [5.74, 6) is 0.986. The molecule has 3 aliphatic rings. The van der Waals surface area contributed by atoms with E-state index in [9.17, 15) is 14.4 Å². The highest BCUT2D eigenvalue weighted by atomic mass is 16.5. The third kappa shape index (κ3) is 5.91. The Morgan fingerprint density at radius 1 is 1.00 bits per heavy atom. The number of rotatable bonds is 2. The van der Waals surface area contributed by atoms with Gasteiger partial charge in [0.05, 0.1) is 31.0 Å². The van der Waals surface area contributed by atoms with Crippen LogP contribution in [0.25, 0.3) is 11.1 Å². The number of likely N-dealkylation sites (tertiary alicyclic amines) is 1. The van der Waals surface area contributed by atoms with Crippen molar-refractivity contribution in [3.63, 3.8) is 0 Å². The van der Waals surface area contributed by atoms with Gasteiger partial charge >= 0.3 is 0 Å². The van der Waals surface area contributed by atoms with Gasteiger partial charge in [-0.25, -0.2) is 0 Å². The van der Waals surface area contributed by atoms with Gasteiger partial charge in [-0.15, -0.1) is 0 Å². The number of methoxy groups -OCH3 is 1. The number of carbonyl (C=O) groups excluding carboxylic acids is 3. The Balaban J connectivity index is 1.35. The molecule has 0 aliphatic carbocycles. The zero-order valence-corrected chi connectivity index (χ0v) is 24.5. The first-order valence-electron chi connectivity index (χ1n) is 14.1. The molecule has 226 valence electrons. The van der Waals surface area contributed by atoms with Gasteiger partial charge in [-0.1, -0.05) is 17.3 Å². The van der Waals surface area contributed by atoms with E-state index in [-0.39, 0.29) is 44.0 Å². The maximum atomic E-state index is 13.6. The average molecular weight is 598 g/mol. The van der Waals surface area contributed by atoms with Crippen LogP contribution >= 0.6 is 0 Å². The molecule has 7 rings (SSSR count). The number of nitrogens with zero attached hydrogens (tertiary/aromatic N) is 3. The van der Waals surface area contributed by atoms with Crippen molar-refractivity contribution >= 4 is 17.7 Å². The second-order valence-corrected chi connectivity index (χ2v) is 10.7. The molecule has 2 aromatic heterocycles. The fourth-order valence-electron chi connectivity index (χ4n) is 5.40. The van der Waals surface area contributed by atoms with Crippen molar-refractivity contribution in [2.75, 3.05) is 26.8 Å². The van der Waals surface area contributed by atoms with Crippen LogP contribution in [0.3, 0.4) is 0 Å². The number of nitrogens with one attached hydrogen (secondary N) is 2. The highest BCUT2D eigenvalue weighted by Crippen LogP contribution is 2.29. The van der Waals surface area contributed by atoms with Crippen LogP contribution in [-0.2, 0) is 11.3 Å². The lowest BCUT2D eigenvalue weighted by atomic mass is 10.1. The Hall–Kier alpha value is -5.39. The average Bonchev–Trinajstić information content (AvgIpc) is 3.59. The molecule has 4 aromatic rings. The molecule has 2 aromatic carbocycles. The van der Waals surface area contributed by atoms with E-state index in [1.165, 1.54) is 13.3 Å². The molecule has 1 saturated heterocycles. The molecule has 1 fully saturated rings. The largest absolute Gasteiger partial charge is 0.496 e. The quantitative estimate of drug-likeness (QED) is 0.356. The van der Waals surface area contributed by atoms with E-state index >= 15 is 0 Å². The van der Waals surface area contributed by atoms with Gasteiger partial charge in [-0.05, 0) is 49.7 Å². The molecule has 5 heterocycles. The van der Waals surface area contributed by atoms with Crippen molar-refractivity contribution in [1.82, 2.24) is 25.7 Å². The molecule has 12 heteroatoms. The van der Waals surface area contributed by atoms with Crippen LogP contribution in [0.1, 0.15) is 37.7 Å². The highest BCUT2D eigenvalue weighted by Gasteiger charge is 2.40. The summed E-state index contributed by atoms with van der Waals surface area (Å²) in [6.07, 6.45) is 2.54. The Bertz CT molecular complexity index is 1720. The van der Waals surface area contributed by atoms with E-state index in [1.54, 1.807) is 67.4 Å². The van der Waals surface area contributed by atoms with E-state index in [4.69, 9.17) is 18.7 Å². The molecule has 0 saturated carbocycles. The first-order valence-corrected chi connectivity index (χ1v) is 14.1. The Kier molecular flexibility index (Phi) is 7.88. The van der Waals surface area contributed by atoms with Crippen LogP contribution in [0.15, 0.2) is 65.4 Å². The molecular formula is C32H31N5O7. The third-order valence-electron chi connectivity index (χ3n) is 7.68. The first-order chi connectivity index (χ1) is 21.3. The van der Waals surface area contributed by atoms with E-state index in [2.05, 4.69) is 20.8 Å². The second kappa shape index (κ2) is 12.1. The van der Waals surface area contributed by atoms with Gasteiger partial charge in [0.15, 0.2) is 6.61 Å². The molecule has 3 aliphatic heterocycles. The lowest BCUT2D eigenvalue weighted by molar-refractivity contribution is -0.123. The van der Waals surface area contributed by atoms with Crippen molar-refractivity contribution in [2.45, 2.75) is 32.5 Å². The van der Waals surface area contributed by atoms with E-state index in [1.807, 2.05) is 6.07 Å². The van der Waals surface area contributed by atoms with Crippen LogP contribution < -0.4 is 24.8 Å². The molecular weight excluding hydrogens is 566 g/mol. The topological polar surface area (TPSA) is 145 Å². The van der Waals surface area contributed by atoms with Gasteiger partial charge in [0.1, 0.15) is 34.7 Å². The van der Waals surface area contributed by atoms with Crippen molar-refractivity contribution in [2.24, 2.45) is 0 Å². The fourth-order valence-corrected chi connectivity index (χ4v) is 5.40. The molecule has 2 atom stereocenters. The first kappa shape index (κ1) is 28.7. The van der Waals surface area contributed by atoms with Gasteiger partial charge < -0.3 is 34.3 Å². The standard InChI is InChI=1S/C32H31N5O7/c1-18-30(19(2)44-36-18)32(40)37-15-26-28(16-37)43-25-8-7-21(27(11-25)41-3)14-34-29(38)17-42-24-6-4-5-20(10-24)22-9-23(13-33-12-22)31(39)35-26/h4-13,26,28H,14-17H2,1-3H3,(H,34,38)(H,35,39)/t26-,28-/m0/s1. The van der Waals surface area contributed by atoms with Crippen molar-refractivity contribution in [1.29, 1.82) is 0 Å². The summed E-state index contributed by atoms with van der Waals surface area (Å²) in [4.78, 5) is 45.6. The number of aryl methyl sites for hydroxylation is 2.